The monoisotopic (exact) mass is 562 g/mol. The van der Waals surface area contributed by atoms with Gasteiger partial charge in [-0.05, 0) is 83.9 Å². The van der Waals surface area contributed by atoms with Crippen molar-refractivity contribution >= 4 is 63.8 Å². The molecule has 0 aliphatic heterocycles. The average Bonchev–Trinajstić information content (AvgIpc) is 3.46. The minimum absolute atomic E-state index is 1.25. The summed E-state index contributed by atoms with van der Waals surface area (Å²) in [5.74, 6) is 0. The van der Waals surface area contributed by atoms with Gasteiger partial charge in [-0.3, -0.25) is 0 Å². The van der Waals surface area contributed by atoms with Gasteiger partial charge in [0.1, 0.15) is 0 Å². The topological polar surface area (TPSA) is 0 Å². The fourth-order valence-electron chi connectivity index (χ4n) is 6.98. The normalized spacial score (nSPS) is 11.7. The second-order valence-corrected chi connectivity index (χ2v) is 12.3. The van der Waals surface area contributed by atoms with Crippen molar-refractivity contribution in [2.75, 3.05) is 0 Å². The summed E-state index contributed by atoms with van der Waals surface area (Å²) in [6.07, 6.45) is 0. The summed E-state index contributed by atoms with van der Waals surface area (Å²) in [5, 5.41) is 10.3. The number of rotatable bonds is 3. The van der Waals surface area contributed by atoms with Crippen molar-refractivity contribution in [1.29, 1.82) is 0 Å². The van der Waals surface area contributed by atoms with Crippen LogP contribution in [0.1, 0.15) is 0 Å². The van der Waals surface area contributed by atoms with Crippen LogP contribution in [0, 0.1) is 0 Å². The first kappa shape index (κ1) is 24.4. The summed E-state index contributed by atoms with van der Waals surface area (Å²) >= 11 is 1.89. The quantitative estimate of drug-likeness (QED) is 0.188. The standard InChI is InChI=1S/C42H26S/c1-2-13-27(14-3-1)40-33-18-6-8-20-35(33)41(36-21-9-7-19-34(36)40)38-26-29(25-28-15-4-5-16-30(28)38)31-22-12-23-37-32-17-10-11-24-39(32)43-42(31)37/h1-26H. The van der Waals surface area contributed by atoms with E-state index in [-0.39, 0.29) is 0 Å². The predicted molar refractivity (Wildman–Crippen MR) is 188 cm³/mol. The number of hydrogen-bond acceptors (Lipinski definition) is 1. The van der Waals surface area contributed by atoms with Crippen LogP contribution in [0.4, 0.5) is 0 Å². The van der Waals surface area contributed by atoms with Gasteiger partial charge in [-0.1, -0.05) is 140 Å². The van der Waals surface area contributed by atoms with Crippen LogP contribution in [0.2, 0.25) is 0 Å². The van der Waals surface area contributed by atoms with Gasteiger partial charge in [0, 0.05) is 20.2 Å². The van der Waals surface area contributed by atoms with E-state index in [1.165, 1.54) is 85.9 Å². The highest BCUT2D eigenvalue weighted by atomic mass is 32.1. The number of hydrogen-bond donors (Lipinski definition) is 0. The molecule has 0 aliphatic rings. The van der Waals surface area contributed by atoms with Crippen molar-refractivity contribution in [2.45, 2.75) is 0 Å². The van der Waals surface area contributed by atoms with Crippen LogP contribution < -0.4 is 0 Å². The highest BCUT2D eigenvalue weighted by Crippen LogP contribution is 2.47. The molecule has 1 aromatic heterocycles. The summed E-state index contributed by atoms with van der Waals surface area (Å²) in [7, 11) is 0. The molecule has 0 unspecified atom stereocenters. The molecule has 0 bridgehead atoms. The lowest BCUT2D eigenvalue weighted by atomic mass is 9.84. The SMILES string of the molecule is c1ccc(-c2c3ccccc3c(-c3cc(-c4cccc5c4sc4ccccc45)cc4ccccc34)c3ccccc23)cc1. The highest BCUT2D eigenvalue weighted by molar-refractivity contribution is 7.26. The number of benzene rings is 8. The maximum absolute atomic E-state index is 2.44. The largest absolute Gasteiger partial charge is 0.135 e. The predicted octanol–water partition coefficient (Wildman–Crippen LogP) is 12.5. The smallest absolute Gasteiger partial charge is 0.0433 e. The molecule has 0 saturated carbocycles. The summed E-state index contributed by atoms with van der Waals surface area (Å²) in [4.78, 5) is 0. The Kier molecular flexibility index (Phi) is 5.47. The summed E-state index contributed by atoms with van der Waals surface area (Å²) in [6, 6.07) is 57.9. The first-order chi connectivity index (χ1) is 21.3. The molecule has 43 heavy (non-hydrogen) atoms. The van der Waals surface area contributed by atoms with Crippen molar-refractivity contribution < 1.29 is 0 Å². The van der Waals surface area contributed by atoms with Crippen molar-refractivity contribution in [3.05, 3.63) is 158 Å². The first-order valence-electron chi connectivity index (χ1n) is 14.8. The fraction of sp³-hybridized carbons (Fsp3) is 0. The van der Waals surface area contributed by atoms with E-state index in [1.54, 1.807) is 0 Å². The lowest BCUT2D eigenvalue weighted by Crippen LogP contribution is -1.92. The fourth-order valence-corrected chi connectivity index (χ4v) is 8.22. The zero-order valence-corrected chi connectivity index (χ0v) is 24.2. The Bertz CT molecular complexity index is 2440. The van der Waals surface area contributed by atoms with Crippen molar-refractivity contribution in [2.24, 2.45) is 0 Å². The van der Waals surface area contributed by atoms with E-state index in [0.29, 0.717) is 0 Å². The molecular formula is C42H26S. The average molecular weight is 563 g/mol. The Morgan fingerprint density at radius 3 is 1.60 bits per heavy atom. The molecule has 0 saturated heterocycles. The van der Waals surface area contributed by atoms with Gasteiger partial charge in [0.15, 0.2) is 0 Å². The van der Waals surface area contributed by atoms with Crippen LogP contribution in [0.3, 0.4) is 0 Å². The second kappa shape index (κ2) is 9.66. The molecule has 0 aliphatic carbocycles. The molecule has 1 heteroatoms. The molecule has 0 spiro atoms. The zero-order valence-electron chi connectivity index (χ0n) is 23.4. The molecule has 0 amide bonds. The molecule has 0 nitrogen and oxygen atoms in total. The van der Waals surface area contributed by atoms with E-state index >= 15 is 0 Å². The lowest BCUT2D eigenvalue weighted by Gasteiger charge is -2.19. The molecule has 0 N–H and O–H groups in total. The molecular weight excluding hydrogens is 537 g/mol. The maximum Gasteiger partial charge on any atom is 0.0433 e. The Morgan fingerprint density at radius 2 is 0.884 bits per heavy atom. The highest BCUT2D eigenvalue weighted by Gasteiger charge is 2.19. The maximum atomic E-state index is 2.44. The van der Waals surface area contributed by atoms with Gasteiger partial charge in [-0.25, -0.2) is 0 Å². The van der Waals surface area contributed by atoms with E-state index < -0.39 is 0 Å². The second-order valence-electron chi connectivity index (χ2n) is 11.2. The minimum Gasteiger partial charge on any atom is -0.135 e. The lowest BCUT2D eigenvalue weighted by molar-refractivity contribution is 1.66. The van der Waals surface area contributed by atoms with Crippen molar-refractivity contribution in [1.82, 2.24) is 0 Å². The van der Waals surface area contributed by atoms with Crippen molar-refractivity contribution in [3.8, 4) is 33.4 Å². The van der Waals surface area contributed by atoms with Crippen LogP contribution in [0.25, 0.3) is 85.9 Å². The van der Waals surface area contributed by atoms with Gasteiger partial charge >= 0.3 is 0 Å². The van der Waals surface area contributed by atoms with Crippen molar-refractivity contribution in [3.63, 3.8) is 0 Å². The summed E-state index contributed by atoms with van der Waals surface area (Å²) in [5.41, 5.74) is 7.67. The minimum atomic E-state index is 1.25. The van der Waals surface area contributed by atoms with E-state index in [1.807, 2.05) is 11.3 Å². The van der Waals surface area contributed by atoms with Gasteiger partial charge in [-0.15, -0.1) is 11.3 Å². The van der Waals surface area contributed by atoms with Crippen LogP contribution in [0.15, 0.2) is 158 Å². The van der Waals surface area contributed by atoms with E-state index in [9.17, 15) is 0 Å². The zero-order chi connectivity index (χ0) is 28.3. The molecule has 0 radical (unpaired) electrons. The van der Waals surface area contributed by atoms with E-state index in [4.69, 9.17) is 0 Å². The third-order valence-electron chi connectivity index (χ3n) is 8.84. The van der Waals surface area contributed by atoms with Gasteiger partial charge < -0.3 is 0 Å². The Morgan fingerprint density at radius 1 is 0.326 bits per heavy atom. The van der Waals surface area contributed by atoms with Gasteiger partial charge in [-0.2, -0.15) is 0 Å². The third-order valence-corrected chi connectivity index (χ3v) is 10.1. The molecule has 1 heterocycles. The Hall–Kier alpha value is -5.24. The molecule has 0 atom stereocenters. The molecule has 8 aromatic carbocycles. The molecule has 0 fully saturated rings. The Labute approximate surface area is 254 Å². The number of thiophene rings is 1. The third kappa shape index (κ3) is 3.75. The summed E-state index contributed by atoms with van der Waals surface area (Å²) in [6.45, 7) is 0. The Balaban J connectivity index is 1.42. The molecule has 9 rings (SSSR count). The van der Waals surface area contributed by atoms with Gasteiger partial charge in [0.2, 0.25) is 0 Å². The summed E-state index contributed by atoms with van der Waals surface area (Å²) < 4.78 is 2.68. The van der Waals surface area contributed by atoms with E-state index in [2.05, 4.69) is 158 Å². The van der Waals surface area contributed by atoms with Crippen LogP contribution in [0.5, 0.6) is 0 Å². The van der Waals surface area contributed by atoms with Crippen LogP contribution in [-0.4, -0.2) is 0 Å². The van der Waals surface area contributed by atoms with Crippen LogP contribution in [-0.2, 0) is 0 Å². The molecule has 200 valence electrons. The van der Waals surface area contributed by atoms with Gasteiger partial charge in [0.25, 0.3) is 0 Å². The first-order valence-corrected chi connectivity index (χ1v) is 15.6. The van der Waals surface area contributed by atoms with Gasteiger partial charge in [0.05, 0.1) is 0 Å². The van der Waals surface area contributed by atoms with Crippen LogP contribution >= 0.6 is 11.3 Å². The van der Waals surface area contributed by atoms with E-state index in [0.717, 1.165) is 0 Å². The molecule has 9 aromatic rings. The number of fused-ring (bicyclic) bond motifs is 6.